The van der Waals surface area contributed by atoms with Crippen LogP contribution in [0.2, 0.25) is 0 Å². The second-order valence-electron chi connectivity index (χ2n) is 4.83. The molecule has 104 valence electrons. The summed E-state index contributed by atoms with van der Waals surface area (Å²) in [6, 6.07) is 6.37. The van der Waals surface area contributed by atoms with E-state index in [1.165, 1.54) is 12.1 Å². The molecule has 0 amide bonds. The van der Waals surface area contributed by atoms with Crippen LogP contribution in [0.25, 0.3) is 0 Å². The van der Waals surface area contributed by atoms with E-state index in [4.69, 9.17) is 0 Å². The lowest BCUT2D eigenvalue weighted by molar-refractivity contribution is -0.384. The molecule has 19 heavy (non-hydrogen) atoms. The van der Waals surface area contributed by atoms with Crippen LogP contribution >= 0.6 is 0 Å². The average Bonchev–Trinajstić information content (AvgIpc) is 2.40. The van der Waals surface area contributed by atoms with Gasteiger partial charge >= 0.3 is 0 Å². The summed E-state index contributed by atoms with van der Waals surface area (Å²) in [4.78, 5) is 12.4. The number of nitro benzene ring substituents is 1. The summed E-state index contributed by atoms with van der Waals surface area (Å²) in [6.45, 7) is 4.49. The lowest BCUT2D eigenvalue weighted by atomic mass is 10.1. The summed E-state index contributed by atoms with van der Waals surface area (Å²) in [5.74, 6) is 0. The monoisotopic (exact) mass is 265 g/mol. The molecule has 2 rings (SSSR count). The Morgan fingerprint density at radius 1 is 1.32 bits per heavy atom. The third kappa shape index (κ3) is 4.27. The Morgan fingerprint density at radius 2 is 1.95 bits per heavy atom. The van der Waals surface area contributed by atoms with E-state index < -0.39 is 11.0 Å². The number of non-ortho nitro benzene ring substituents is 1. The molecule has 2 N–H and O–H groups in total. The number of rotatable bonds is 5. The first kappa shape index (κ1) is 13.9. The number of benzene rings is 1. The molecule has 1 aromatic carbocycles. The molecule has 0 radical (unpaired) electrons. The number of aliphatic hydroxyl groups excluding tert-OH is 1. The van der Waals surface area contributed by atoms with Crippen LogP contribution in [0.3, 0.4) is 0 Å². The summed E-state index contributed by atoms with van der Waals surface area (Å²) in [5, 5.41) is 23.8. The molecule has 0 saturated carbocycles. The molecule has 6 heteroatoms. The summed E-state index contributed by atoms with van der Waals surface area (Å²) in [5.41, 5.74) is 1.01. The lowest BCUT2D eigenvalue weighted by Gasteiger charge is -2.29. The van der Waals surface area contributed by atoms with E-state index in [-0.39, 0.29) is 5.69 Å². The van der Waals surface area contributed by atoms with Crippen molar-refractivity contribution in [1.29, 1.82) is 0 Å². The number of hydrogen-bond acceptors (Lipinski definition) is 5. The maximum atomic E-state index is 10.5. The van der Waals surface area contributed by atoms with Gasteiger partial charge in [-0.05, 0) is 12.0 Å². The molecule has 0 aliphatic carbocycles. The van der Waals surface area contributed by atoms with E-state index in [0.29, 0.717) is 13.0 Å². The zero-order valence-corrected chi connectivity index (χ0v) is 10.8. The average molecular weight is 265 g/mol. The minimum absolute atomic E-state index is 0.0837. The molecule has 0 spiro atoms. The number of nitrogens with zero attached hydrogens (tertiary/aromatic N) is 2. The molecule has 0 bridgehead atoms. The van der Waals surface area contributed by atoms with E-state index in [0.717, 1.165) is 31.7 Å². The molecule has 1 heterocycles. The molecule has 1 saturated heterocycles. The number of hydrogen-bond donors (Lipinski definition) is 2. The molecule has 1 fully saturated rings. The van der Waals surface area contributed by atoms with Gasteiger partial charge in [-0.15, -0.1) is 0 Å². The fourth-order valence-electron chi connectivity index (χ4n) is 2.28. The summed E-state index contributed by atoms with van der Waals surface area (Å²) in [7, 11) is 0. The Bertz CT molecular complexity index is 416. The highest BCUT2D eigenvalue weighted by molar-refractivity contribution is 5.33. The first-order valence-corrected chi connectivity index (χ1v) is 6.49. The molecule has 1 unspecified atom stereocenters. The van der Waals surface area contributed by atoms with Crippen molar-refractivity contribution in [3.63, 3.8) is 0 Å². The molecular weight excluding hydrogens is 246 g/mol. The SMILES string of the molecule is O=[N+]([O-])c1ccc(CC(O)CN2CCNCC2)cc1. The van der Waals surface area contributed by atoms with Crippen LogP contribution in [-0.2, 0) is 6.42 Å². The number of nitro groups is 1. The molecule has 0 aromatic heterocycles. The Labute approximate surface area is 112 Å². The Kier molecular flexibility index (Phi) is 4.84. The van der Waals surface area contributed by atoms with Crippen molar-refractivity contribution < 1.29 is 10.0 Å². The first-order valence-electron chi connectivity index (χ1n) is 6.49. The van der Waals surface area contributed by atoms with Crippen LogP contribution in [0.1, 0.15) is 5.56 Å². The Morgan fingerprint density at radius 3 is 2.53 bits per heavy atom. The van der Waals surface area contributed by atoms with Crippen LogP contribution < -0.4 is 5.32 Å². The first-order chi connectivity index (χ1) is 9.15. The van der Waals surface area contributed by atoms with Gasteiger partial charge in [-0.3, -0.25) is 15.0 Å². The smallest absolute Gasteiger partial charge is 0.269 e. The zero-order valence-electron chi connectivity index (χ0n) is 10.8. The topological polar surface area (TPSA) is 78.6 Å². The Hall–Kier alpha value is -1.50. The Balaban J connectivity index is 1.83. The fourth-order valence-corrected chi connectivity index (χ4v) is 2.28. The van der Waals surface area contributed by atoms with Gasteiger partial charge in [0.2, 0.25) is 0 Å². The maximum Gasteiger partial charge on any atom is 0.269 e. The number of nitrogens with one attached hydrogen (secondary N) is 1. The second-order valence-corrected chi connectivity index (χ2v) is 4.83. The van der Waals surface area contributed by atoms with Crippen LogP contribution in [0.5, 0.6) is 0 Å². The molecule has 6 nitrogen and oxygen atoms in total. The van der Waals surface area contributed by atoms with E-state index >= 15 is 0 Å². The summed E-state index contributed by atoms with van der Waals surface area (Å²) < 4.78 is 0. The van der Waals surface area contributed by atoms with Gasteiger partial charge in [0, 0.05) is 44.9 Å². The number of aliphatic hydroxyl groups is 1. The van der Waals surface area contributed by atoms with Crippen molar-refractivity contribution in [2.75, 3.05) is 32.7 Å². The number of piperazine rings is 1. The third-order valence-electron chi connectivity index (χ3n) is 3.30. The predicted octanol–water partition coefficient (Wildman–Crippen LogP) is 0.403. The standard InChI is InChI=1S/C13H19N3O3/c17-13(10-15-7-5-14-6-8-15)9-11-1-3-12(4-2-11)16(18)19/h1-4,13-14,17H,5-10H2. The van der Waals surface area contributed by atoms with Crippen molar-refractivity contribution in [1.82, 2.24) is 10.2 Å². The van der Waals surface area contributed by atoms with Gasteiger partial charge in [0.05, 0.1) is 11.0 Å². The van der Waals surface area contributed by atoms with E-state index in [1.807, 2.05) is 0 Å². The zero-order chi connectivity index (χ0) is 13.7. The van der Waals surface area contributed by atoms with Crippen LogP contribution in [-0.4, -0.2) is 53.8 Å². The van der Waals surface area contributed by atoms with Crippen LogP contribution in [0.4, 0.5) is 5.69 Å². The highest BCUT2D eigenvalue weighted by Crippen LogP contribution is 2.13. The second kappa shape index (κ2) is 6.60. The van der Waals surface area contributed by atoms with Crippen molar-refractivity contribution in [3.8, 4) is 0 Å². The quantitative estimate of drug-likeness (QED) is 0.595. The van der Waals surface area contributed by atoms with Crippen molar-refractivity contribution >= 4 is 5.69 Å². The molecular formula is C13H19N3O3. The largest absolute Gasteiger partial charge is 0.391 e. The van der Waals surface area contributed by atoms with Gasteiger partial charge in [0.25, 0.3) is 5.69 Å². The molecule has 1 atom stereocenters. The van der Waals surface area contributed by atoms with Gasteiger partial charge < -0.3 is 10.4 Å². The van der Waals surface area contributed by atoms with Crippen molar-refractivity contribution in [3.05, 3.63) is 39.9 Å². The summed E-state index contributed by atoms with van der Waals surface area (Å²) >= 11 is 0. The van der Waals surface area contributed by atoms with Crippen molar-refractivity contribution in [2.24, 2.45) is 0 Å². The lowest BCUT2D eigenvalue weighted by Crippen LogP contribution is -2.46. The van der Waals surface area contributed by atoms with E-state index in [9.17, 15) is 15.2 Å². The van der Waals surface area contributed by atoms with Crippen LogP contribution in [0, 0.1) is 10.1 Å². The highest BCUT2D eigenvalue weighted by Gasteiger charge is 2.15. The minimum atomic E-state index is -0.431. The molecule has 1 aliphatic rings. The molecule has 1 aromatic rings. The van der Waals surface area contributed by atoms with E-state index in [2.05, 4.69) is 10.2 Å². The van der Waals surface area contributed by atoms with Gasteiger partial charge in [-0.2, -0.15) is 0 Å². The molecule has 1 aliphatic heterocycles. The predicted molar refractivity (Wildman–Crippen MR) is 72.1 cm³/mol. The van der Waals surface area contributed by atoms with Gasteiger partial charge in [0.1, 0.15) is 0 Å². The highest BCUT2D eigenvalue weighted by atomic mass is 16.6. The normalized spacial score (nSPS) is 18.2. The van der Waals surface area contributed by atoms with Gasteiger partial charge in [-0.25, -0.2) is 0 Å². The van der Waals surface area contributed by atoms with Gasteiger partial charge in [-0.1, -0.05) is 12.1 Å². The fraction of sp³-hybridized carbons (Fsp3) is 0.538. The van der Waals surface area contributed by atoms with Crippen LogP contribution in [0.15, 0.2) is 24.3 Å². The van der Waals surface area contributed by atoms with Gasteiger partial charge in [0.15, 0.2) is 0 Å². The maximum absolute atomic E-state index is 10.5. The minimum Gasteiger partial charge on any atom is -0.391 e. The third-order valence-corrected chi connectivity index (χ3v) is 3.30. The van der Waals surface area contributed by atoms with Crippen molar-refractivity contribution in [2.45, 2.75) is 12.5 Å². The number of β-amino-alcohol motifs (C(OH)–C–C–N with tert-alkyl or cyclic N) is 1. The van der Waals surface area contributed by atoms with E-state index in [1.54, 1.807) is 12.1 Å². The summed E-state index contributed by atoms with van der Waals surface area (Å²) in [6.07, 6.45) is 0.0987.